The van der Waals surface area contributed by atoms with Gasteiger partial charge in [-0.25, -0.2) is 9.18 Å². The molecule has 2 atom stereocenters. The van der Waals surface area contributed by atoms with Gasteiger partial charge in [-0.3, -0.25) is 9.69 Å². The lowest BCUT2D eigenvalue weighted by atomic mass is 10.0. The monoisotopic (exact) mass is 492 g/mol. The van der Waals surface area contributed by atoms with Crippen LogP contribution in [-0.4, -0.2) is 46.9 Å². The van der Waals surface area contributed by atoms with Crippen LogP contribution in [0.5, 0.6) is 5.75 Å². The zero-order valence-electron chi connectivity index (χ0n) is 19.6. The molecule has 1 heterocycles. The van der Waals surface area contributed by atoms with E-state index in [1.807, 2.05) is 18.7 Å². The molecule has 3 aromatic rings. The molecule has 0 amide bonds. The van der Waals surface area contributed by atoms with E-state index in [0.717, 1.165) is 5.56 Å². The maximum Gasteiger partial charge on any atom is 0.193 e. The summed E-state index contributed by atoms with van der Waals surface area (Å²) < 4.78 is 19.2. The molecular weight excluding hydrogens is 467 g/mol. The highest BCUT2D eigenvalue weighted by Crippen LogP contribution is 2.26. The molecule has 1 saturated heterocycles. The van der Waals surface area contributed by atoms with Crippen molar-refractivity contribution in [1.29, 1.82) is 0 Å². The van der Waals surface area contributed by atoms with Gasteiger partial charge in [0.25, 0.3) is 0 Å². The summed E-state index contributed by atoms with van der Waals surface area (Å²) in [7, 11) is 0. The Labute approximate surface area is 209 Å². The summed E-state index contributed by atoms with van der Waals surface area (Å²) in [6.07, 6.45) is 0. The number of carbonyl (C=O) groups is 1. The minimum absolute atomic E-state index is 0.0377. The Morgan fingerprint density at radius 1 is 1.00 bits per heavy atom. The highest BCUT2D eigenvalue weighted by atomic mass is 35.5. The van der Waals surface area contributed by atoms with E-state index in [9.17, 15) is 14.0 Å². The van der Waals surface area contributed by atoms with Gasteiger partial charge in [-0.05, 0) is 80.1 Å². The SMILES string of the molecule is C[C@@H]1CN(COc2ccc(C(=O)c3ccc(Cl)cc3)cc2)[C@@H](C)C(=C=O)N1Cc1ccc(F)cc1. The fourth-order valence-corrected chi connectivity index (χ4v) is 4.34. The Hall–Kier alpha value is -3.44. The third-order valence-electron chi connectivity index (χ3n) is 6.27. The van der Waals surface area contributed by atoms with Gasteiger partial charge in [-0.2, -0.15) is 0 Å². The van der Waals surface area contributed by atoms with Gasteiger partial charge in [0.1, 0.15) is 29.9 Å². The van der Waals surface area contributed by atoms with Crippen LogP contribution in [0.3, 0.4) is 0 Å². The third kappa shape index (κ3) is 5.80. The third-order valence-corrected chi connectivity index (χ3v) is 6.53. The van der Waals surface area contributed by atoms with Crippen molar-refractivity contribution in [2.45, 2.75) is 32.5 Å². The summed E-state index contributed by atoms with van der Waals surface area (Å²) in [4.78, 5) is 28.6. The molecule has 0 saturated carbocycles. The van der Waals surface area contributed by atoms with Crippen molar-refractivity contribution < 1.29 is 18.7 Å². The molecule has 0 aromatic heterocycles. The lowest BCUT2D eigenvalue weighted by Crippen LogP contribution is -2.55. The number of ether oxygens (including phenoxy) is 1. The maximum atomic E-state index is 13.3. The minimum atomic E-state index is -0.286. The maximum absolute atomic E-state index is 13.3. The smallest absolute Gasteiger partial charge is 0.193 e. The number of benzene rings is 3. The zero-order chi connectivity index (χ0) is 24.9. The summed E-state index contributed by atoms with van der Waals surface area (Å²) in [5, 5.41) is 0.581. The van der Waals surface area contributed by atoms with Gasteiger partial charge in [0, 0.05) is 35.3 Å². The van der Waals surface area contributed by atoms with Crippen molar-refractivity contribution in [3.8, 4) is 5.75 Å². The van der Waals surface area contributed by atoms with Crippen LogP contribution in [-0.2, 0) is 11.3 Å². The summed E-state index contributed by atoms with van der Waals surface area (Å²) in [5.41, 5.74) is 2.59. The first-order valence-electron chi connectivity index (χ1n) is 11.4. The van der Waals surface area contributed by atoms with Crippen LogP contribution in [0.15, 0.2) is 78.5 Å². The van der Waals surface area contributed by atoms with Crippen molar-refractivity contribution in [2.24, 2.45) is 0 Å². The highest BCUT2D eigenvalue weighted by molar-refractivity contribution is 6.30. The van der Waals surface area contributed by atoms with Gasteiger partial charge >= 0.3 is 0 Å². The predicted octanol–water partition coefficient (Wildman–Crippen LogP) is 5.36. The molecule has 35 heavy (non-hydrogen) atoms. The molecule has 7 heteroatoms. The number of nitrogens with zero attached hydrogens (tertiary/aromatic N) is 2. The molecule has 4 rings (SSSR count). The molecular formula is C28H26ClFN2O3. The van der Waals surface area contributed by atoms with Crippen molar-refractivity contribution in [3.63, 3.8) is 0 Å². The van der Waals surface area contributed by atoms with E-state index in [1.165, 1.54) is 12.1 Å². The van der Waals surface area contributed by atoms with E-state index in [2.05, 4.69) is 10.8 Å². The molecule has 0 unspecified atom stereocenters. The van der Waals surface area contributed by atoms with Crippen LogP contribution < -0.4 is 4.74 Å². The number of rotatable bonds is 7. The molecule has 0 N–H and O–H groups in total. The fraction of sp³-hybridized carbons (Fsp3) is 0.250. The quantitative estimate of drug-likeness (QED) is 0.328. The Morgan fingerprint density at radius 3 is 2.20 bits per heavy atom. The molecule has 5 nitrogen and oxygen atoms in total. The van der Waals surface area contributed by atoms with E-state index in [4.69, 9.17) is 16.3 Å². The molecule has 1 aliphatic rings. The topological polar surface area (TPSA) is 49.9 Å². The molecule has 0 bridgehead atoms. The largest absolute Gasteiger partial charge is 0.478 e. The average Bonchev–Trinajstić information content (AvgIpc) is 2.87. The number of hydrogen-bond donors (Lipinski definition) is 0. The van der Waals surface area contributed by atoms with Gasteiger partial charge in [-0.1, -0.05) is 23.7 Å². The Morgan fingerprint density at radius 2 is 1.60 bits per heavy atom. The van der Waals surface area contributed by atoms with Gasteiger partial charge in [0.2, 0.25) is 0 Å². The molecule has 180 valence electrons. The second-order valence-corrected chi connectivity index (χ2v) is 9.11. The minimum Gasteiger partial charge on any atom is -0.478 e. The Bertz CT molecular complexity index is 1220. The summed E-state index contributed by atoms with van der Waals surface area (Å²) in [6, 6.07) is 19.9. The van der Waals surface area contributed by atoms with Crippen LogP contribution in [0.1, 0.15) is 35.3 Å². The normalized spacial score (nSPS) is 18.3. The number of halogens is 2. The lowest BCUT2D eigenvalue weighted by molar-refractivity contribution is 0.0286. The van der Waals surface area contributed by atoms with Crippen LogP contribution in [0.4, 0.5) is 4.39 Å². The molecule has 1 fully saturated rings. The van der Waals surface area contributed by atoms with Crippen molar-refractivity contribution in [1.82, 2.24) is 9.80 Å². The van der Waals surface area contributed by atoms with Gasteiger partial charge in [0.15, 0.2) is 5.78 Å². The standard InChI is InChI=1S/C28H26ClFN2O3/c1-19-15-31(20(2)27(17-33)32(19)16-21-3-11-25(30)12-4-21)18-35-26-13-7-23(8-14-26)28(34)22-5-9-24(29)10-6-22/h3-14,19-20H,15-16,18H2,1-2H3/t19-,20+/m1/s1. The summed E-state index contributed by atoms with van der Waals surface area (Å²) >= 11 is 5.90. The molecule has 1 aliphatic heterocycles. The molecule has 0 spiro atoms. The van der Waals surface area contributed by atoms with Crippen LogP contribution >= 0.6 is 11.6 Å². The van der Waals surface area contributed by atoms with E-state index in [0.29, 0.717) is 40.7 Å². The van der Waals surface area contributed by atoms with Crippen LogP contribution in [0, 0.1) is 5.82 Å². The van der Waals surface area contributed by atoms with Gasteiger partial charge < -0.3 is 9.64 Å². The number of ketones is 1. The van der Waals surface area contributed by atoms with Gasteiger partial charge in [0.05, 0.1) is 6.04 Å². The Kier molecular flexibility index (Phi) is 7.67. The zero-order valence-corrected chi connectivity index (χ0v) is 20.3. The predicted molar refractivity (Wildman–Crippen MR) is 134 cm³/mol. The van der Waals surface area contributed by atoms with Gasteiger partial charge in [-0.15, -0.1) is 0 Å². The first kappa shape index (κ1) is 24.7. The summed E-state index contributed by atoms with van der Waals surface area (Å²) in [5.74, 6) is 2.36. The number of piperazine rings is 1. The molecule has 0 aliphatic carbocycles. The number of carbonyl (C=O) groups excluding carboxylic acids is 2. The van der Waals surface area contributed by atoms with Crippen LogP contribution in [0.25, 0.3) is 0 Å². The van der Waals surface area contributed by atoms with E-state index < -0.39 is 0 Å². The number of hydrogen-bond acceptors (Lipinski definition) is 5. The highest BCUT2D eigenvalue weighted by Gasteiger charge is 2.34. The van der Waals surface area contributed by atoms with E-state index in [1.54, 1.807) is 60.7 Å². The second kappa shape index (κ2) is 10.9. The first-order valence-corrected chi connectivity index (χ1v) is 11.8. The second-order valence-electron chi connectivity index (χ2n) is 8.67. The Balaban J connectivity index is 1.38. The summed E-state index contributed by atoms with van der Waals surface area (Å²) in [6.45, 7) is 5.46. The molecule has 0 radical (unpaired) electrons. The fourth-order valence-electron chi connectivity index (χ4n) is 4.21. The van der Waals surface area contributed by atoms with E-state index >= 15 is 0 Å². The first-order chi connectivity index (χ1) is 16.9. The van der Waals surface area contributed by atoms with Crippen LogP contribution in [0.2, 0.25) is 5.02 Å². The van der Waals surface area contributed by atoms with Crippen molar-refractivity contribution >= 4 is 23.3 Å². The molecule has 3 aromatic carbocycles. The van der Waals surface area contributed by atoms with Crippen molar-refractivity contribution in [2.75, 3.05) is 13.3 Å². The van der Waals surface area contributed by atoms with Crippen molar-refractivity contribution in [3.05, 3.63) is 106 Å². The van der Waals surface area contributed by atoms with E-state index in [-0.39, 0.29) is 30.4 Å². The lowest BCUT2D eigenvalue weighted by Gasteiger charge is -2.45. The average molecular weight is 493 g/mol.